The van der Waals surface area contributed by atoms with Crippen molar-refractivity contribution in [2.24, 2.45) is 11.1 Å². The summed E-state index contributed by atoms with van der Waals surface area (Å²) in [6.45, 7) is 0.0865. The number of allylic oxidation sites excluding steroid dienone is 4. The van der Waals surface area contributed by atoms with Crippen molar-refractivity contribution < 1.29 is 22.7 Å². The molecular weight excluding hydrogens is 307 g/mol. The van der Waals surface area contributed by atoms with Crippen LogP contribution in [0.15, 0.2) is 53.7 Å². The van der Waals surface area contributed by atoms with Crippen molar-refractivity contribution in [3.05, 3.63) is 54.1 Å². The van der Waals surface area contributed by atoms with Crippen molar-refractivity contribution in [1.82, 2.24) is 0 Å². The molecule has 0 bridgehead atoms. The van der Waals surface area contributed by atoms with Crippen molar-refractivity contribution in [2.75, 3.05) is 13.7 Å². The van der Waals surface area contributed by atoms with Gasteiger partial charge in [0, 0.05) is 0 Å². The van der Waals surface area contributed by atoms with Crippen LogP contribution < -0.4 is 4.74 Å². The van der Waals surface area contributed by atoms with E-state index >= 15 is 0 Å². The van der Waals surface area contributed by atoms with Gasteiger partial charge in [-0.2, -0.15) is 13.2 Å². The molecule has 23 heavy (non-hydrogen) atoms. The van der Waals surface area contributed by atoms with Gasteiger partial charge >= 0.3 is 6.18 Å². The fourth-order valence-corrected chi connectivity index (χ4v) is 2.27. The average Bonchev–Trinajstić information content (AvgIpc) is 2.53. The lowest BCUT2D eigenvalue weighted by atomic mass is 9.95. The number of rotatable bonds is 6. The first kappa shape index (κ1) is 17.1. The van der Waals surface area contributed by atoms with Crippen LogP contribution in [-0.4, -0.2) is 19.4 Å². The highest BCUT2D eigenvalue weighted by molar-refractivity contribution is 5.85. The number of benzene rings is 1. The van der Waals surface area contributed by atoms with Gasteiger partial charge in [0.15, 0.2) is 0 Å². The van der Waals surface area contributed by atoms with E-state index in [0.29, 0.717) is 18.1 Å². The molecule has 1 unspecified atom stereocenters. The summed E-state index contributed by atoms with van der Waals surface area (Å²) in [6, 6.07) is 4.80. The molecule has 0 heterocycles. The van der Waals surface area contributed by atoms with Crippen molar-refractivity contribution in [3.63, 3.8) is 0 Å². The van der Waals surface area contributed by atoms with Gasteiger partial charge in [-0.1, -0.05) is 35.5 Å². The molecule has 0 N–H and O–H groups in total. The molecule has 0 saturated heterocycles. The molecule has 0 spiro atoms. The summed E-state index contributed by atoms with van der Waals surface area (Å²) in [7, 11) is 1.43. The summed E-state index contributed by atoms with van der Waals surface area (Å²) >= 11 is 0. The van der Waals surface area contributed by atoms with Crippen LogP contribution in [0.2, 0.25) is 0 Å². The lowest BCUT2D eigenvalue weighted by molar-refractivity contribution is -0.137. The summed E-state index contributed by atoms with van der Waals surface area (Å²) in [4.78, 5) is 4.80. The lowest BCUT2D eigenvalue weighted by Gasteiger charge is -2.15. The maximum atomic E-state index is 12.7. The number of hydrogen-bond acceptors (Lipinski definition) is 3. The first-order valence-electron chi connectivity index (χ1n) is 7.21. The van der Waals surface area contributed by atoms with E-state index in [1.54, 1.807) is 0 Å². The minimum atomic E-state index is -4.39. The van der Waals surface area contributed by atoms with Gasteiger partial charge < -0.3 is 9.57 Å². The lowest BCUT2D eigenvalue weighted by Crippen LogP contribution is -2.16. The largest absolute Gasteiger partial charge is 0.488 e. The van der Waals surface area contributed by atoms with E-state index in [0.717, 1.165) is 18.6 Å². The minimum Gasteiger partial charge on any atom is -0.488 e. The van der Waals surface area contributed by atoms with Gasteiger partial charge in [-0.3, -0.25) is 0 Å². The number of halogens is 3. The topological polar surface area (TPSA) is 30.8 Å². The van der Waals surface area contributed by atoms with Crippen LogP contribution in [0.1, 0.15) is 18.4 Å². The second-order valence-corrected chi connectivity index (χ2v) is 5.17. The van der Waals surface area contributed by atoms with E-state index < -0.39 is 11.7 Å². The molecule has 1 aromatic carbocycles. The zero-order valence-corrected chi connectivity index (χ0v) is 12.7. The molecule has 2 rings (SSSR count). The molecule has 0 amide bonds. The van der Waals surface area contributed by atoms with E-state index in [4.69, 9.17) is 9.57 Å². The zero-order valence-electron chi connectivity index (χ0n) is 12.7. The predicted molar refractivity (Wildman–Crippen MR) is 82.4 cm³/mol. The van der Waals surface area contributed by atoms with E-state index in [9.17, 15) is 13.2 Å². The summed E-state index contributed by atoms with van der Waals surface area (Å²) in [6.07, 6.45) is 5.20. The van der Waals surface area contributed by atoms with E-state index in [2.05, 4.69) is 17.3 Å². The minimum absolute atomic E-state index is 0.0865. The monoisotopic (exact) mass is 325 g/mol. The van der Waals surface area contributed by atoms with E-state index in [-0.39, 0.29) is 12.4 Å². The van der Waals surface area contributed by atoms with Crippen LogP contribution in [0.4, 0.5) is 13.2 Å². The third-order valence-corrected chi connectivity index (χ3v) is 3.35. The molecule has 1 aromatic rings. The number of alkyl halides is 3. The predicted octanol–water partition coefficient (Wildman–Crippen LogP) is 4.61. The molecule has 0 fully saturated rings. The van der Waals surface area contributed by atoms with Gasteiger partial charge in [0.05, 0.1) is 11.3 Å². The van der Waals surface area contributed by atoms with Gasteiger partial charge in [0.1, 0.15) is 19.5 Å². The molecule has 1 atom stereocenters. The first-order chi connectivity index (χ1) is 11.0. The Balaban J connectivity index is 1.97. The van der Waals surface area contributed by atoms with Crippen LogP contribution in [0, 0.1) is 5.92 Å². The zero-order chi connectivity index (χ0) is 16.7. The van der Waals surface area contributed by atoms with Crippen molar-refractivity contribution in [2.45, 2.75) is 19.0 Å². The molecule has 0 aromatic heterocycles. The normalized spacial score (nSPS) is 18.1. The number of nitrogens with zero attached hydrogens (tertiary/aromatic N) is 1. The van der Waals surface area contributed by atoms with Crippen LogP contribution in [0.5, 0.6) is 5.75 Å². The Kier molecular flexibility index (Phi) is 5.84. The third kappa shape index (κ3) is 5.47. The molecule has 124 valence electrons. The van der Waals surface area contributed by atoms with Gasteiger partial charge in [-0.05, 0) is 37.0 Å². The molecule has 1 aliphatic carbocycles. The standard InChI is InChI=1S/C17H18F3NO2/c1-22-21-15(10-13-6-3-2-4-7-13)12-23-16-9-5-8-14(11-16)17(18,19)20/h2-6,8-9,11,13H,7,10,12H2,1H3. The van der Waals surface area contributed by atoms with E-state index in [1.807, 2.05) is 12.2 Å². The summed E-state index contributed by atoms with van der Waals surface area (Å²) in [5.74, 6) is 0.446. The Morgan fingerprint density at radius 1 is 1.30 bits per heavy atom. The molecule has 0 radical (unpaired) electrons. The Bertz CT molecular complexity index is 606. The van der Waals surface area contributed by atoms with E-state index in [1.165, 1.54) is 19.2 Å². The highest BCUT2D eigenvalue weighted by Crippen LogP contribution is 2.31. The van der Waals surface area contributed by atoms with Crippen molar-refractivity contribution in [3.8, 4) is 5.75 Å². The maximum Gasteiger partial charge on any atom is 0.416 e. The SMILES string of the molecule is CON=C(COc1cccc(C(F)(F)F)c1)CC1C=CC=CC1. The third-order valence-electron chi connectivity index (χ3n) is 3.35. The molecular formula is C17H18F3NO2. The molecule has 0 saturated carbocycles. The highest BCUT2D eigenvalue weighted by atomic mass is 19.4. The van der Waals surface area contributed by atoms with Crippen molar-refractivity contribution in [1.29, 1.82) is 0 Å². The second-order valence-electron chi connectivity index (χ2n) is 5.17. The average molecular weight is 325 g/mol. The summed E-state index contributed by atoms with van der Waals surface area (Å²) < 4.78 is 43.5. The summed E-state index contributed by atoms with van der Waals surface area (Å²) in [5.41, 5.74) is -0.0876. The van der Waals surface area contributed by atoms with Gasteiger partial charge in [-0.25, -0.2) is 0 Å². The number of oxime groups is 1. The van der Waals surface area contributed by atoms with Gasteiger partial charge in [0.25, 0.3) is 0 Å². The molecule has 0 aliphatic heterocycles. The fraction of sp³-hybridized carbons (Fsp3) is 0.353. The molecule has 3 nitrogen and oxygen atoms in total. The molecule has 1 aliphatic rings. The van der Waals surface area contributed by atoms with Crippen LogP contribution in [0.25, 0.3) is 0 Å². The highest BCUT2D eigenvalue weighted by Gasteiger charge is 2.30. The Labute approximate surface area is 133 Å². The Morgan fingerprint density at radius 2 is 2.13 bits per heavy atom. The quantitative estimate of drug-likeness (QED) is 0.565. The number of hydrogen-bond donors (Lipinski definition) is 0. The van der Waals surface area contributed by atoms with Crippen molar-refractivity contribution >= 4 is 5.71 Å². The first-order valence-corrected chi connectivity index (χ1v) is 7.21. The van der Waals surface area contributed by atoms with Gasteiger partial charge in [-0.15, -0.1) is 0 Å². The van der Waals surface area contributed by atoms with Gasteiger partial charge in [0.2, 0.25) is 0 Å². The Morgan fingerprint density at radius 3 is 2.78 bits per heavy atom. The van der Waals surface area contributed by atoms with Crippen LogP contribution >= 0.6 is 0 Å². The smallest absolute Gasteiger partial charge is 0.416 e. The van der Waals surface area contributed by atoms with Crippen LogP contribution in [-0.2, 0) is 11.0 Å². The summed E-state index contributed by atoms with van der Waals surface area (Å²) in [5, 5.41) is 3.92. The molecule has 6 heteroatoms. The van der Waals surface area contributed by atoms with Crippen LogP contribution in [0.3, 0.4) is 0 Å². The second kappa shape index (κ2) is 7.85. The maximum absolute atomic E-state index is 12.7. The Hall–Kier alpha value is -2.24. The fourth-order valence-electron chi connectivity index (χ4n) is 2.27. The number of ether oxygens (including phenoxy) is 1.